The van der Waals surface area contributed by atoms with E-state index in [0.717, 1.165) is 0 Å². The molecule has 0 atom stereocenters. The third-order valence-electron chi connectivity index (χ3n) is 3.87. The Morgan fingerprint density at radius 2 is 1.63 bits per heavy atom. The van der Waals surface area contributed by atoms with Gasteiger partial charge in [-0.05, 0) is 18.2 Å². The molecule has 0 saturated heterocycles. The van der Waals surface area contributed by atoms with Crippen molar-refractivity contribution in [2.45, 2.75) is 25.3 Å². The topological polar surface area (TPSA) is 69.8 Å². The third-order valence-corrected chi connectivity index (χ3v) is 3.87. The molecule has 0 unspecified atom stereocenters. The number of alkyl halides is 6. The van der Waals surface area contributed by atoms with E-state index in [9.17, 15) is 31.1 Å². The molecule has 27 heavy (non-hydrogen) atoms. The van der Waals surface area contributed by atoms with Crippen molar-refractivity contribution in [1.29, 1.82) is 0 Å². The Bertz CT molecular complexity index is 814. The molecule has 1 aromatic carbocycles. The van der Waals surface area contributed by atoms with Gasteiger partial charge in [0.25, 0.3) is 5.91 Å². The molecule has 0 saturated carbocycles. The molecule has 0 spiro atoms. The number of nitrogens with zero attached hydrogens (tertiary/aromatic N) is 1. The number of H-pyrrole nitrogens is 1. The Morgan fingerprint density at radius 3 is 2.19 bits per heavy atom. The number of benzene rings is 1. The van der Waals surface area contributed by atoms with Gasteiger partial charge >= 0.3 is 12.4 Å². The normalized spacial score (nSPS) is 14.3. The number of amides is 1. The number of aromatic nitrogens is 2. The van der Waals surface area contributed by atoms with Crippen LogP contribution in [-0.4, -0.2) is 22.6 Å². The molecule has 1 aromatic heterocycles. The zero-order valence-corrected chi connectivity index (χ0v) is 14.2. The number of halogens is 7. The average molecular weight is 415 g/mol. The Kier molecular flexibility index (Phi) is 5.76. The van der Waals surface area contributed by atoms with Crippen LogP contribution in [0, 0.1) is 0 Å². The summed E-state index contributed by atoms with van der Waals surface area (Å²) in [7, 11) is 0. The molecule has 1 aliphatic rings. The van der Waals surface area contributed by atoms with Crippen LogP contribution in [-0.2, 0) is 25.3 Å². The highest BCUT2D eigenvalue weighted by Gasteiger charge is 2.37. The van der Waals surface area contributed by atoms with Crippen LogP contribution in [0.2, 0.25) is 0 Å². The van der Waals surface area contributed by atoms with Crippen molar-refractivity contribution in [2.75, 3.05) is 11.9 Å². The highest BCUT2D eigenvalue weighted by atomic mass is 35.5. The SMILES string of the molecule is Cl.O=C(Nc1cc(C(F)(F)F)cc(C(F)(F)F)c1)c1n[nH]c2c1CNCC2. The largest absolute Gasteiger partial charge is 0.416 e. The molecule has 3 N–H and O–H groups in total. The predicted octanol–water partition coefficient (Wildman–Crippen LogP) is 3.77. The van der Waals surface area contributed by atoms with Crippen LogP contribution >= 0.6 is 12.4 Å². The predicted molar refractivity (Wildman–Crippen MR) is 85.6 cm³/mol. The molecule has 1 amide bonds. The van der Waals surface area contributed by atoms with Gasteiger partial charge in [0.2, 0.25) is 0 Å². The Balaban J connectivity index is 0.00000261. The fourth-order valence-electron chi connectivity index (χ4n) is 2.63. The summed E-state index contributed by atoms with van der Waals surface area (Å²) in [6, 6.07) is 0.894. The van der Waals surface area contributed by atoms with Crippen LogP contribution in [0.15, 0.2) is 18.2 Å². The van der Waals surface area contributed by atoms with Gasteiger partial charge in [-0.1, -0.05) is 0 Å². The van der Waals surface area contributed by atoms with E-state index in [-0.39, 0.29) is 24.2 Å². The van der Waals surface area contributed by atoms with E-state index in [1.165, 1.54) is 0 Å². The van der Waals surface area contributed by atoms with Crippen LogP contribution in [0.1, 0.15) is 32.9 Å². The minimum atomic E-state index is -4.99. The number of hydrogen-bond acceptors (Lipinski definition) is 3. The number of hydrogen-bond donors (Lipinski definition) is 3. The second-order valence-corrected chi connectivity index (χ2v) is 5.70. The molecule has 0 aliphatic carbocycles. The lowest BCUT2D eigenvalue weighted by molar-refractivity contribution is -0.143. The van der Waals surface area contributed by atoms with E-state index in [1.54, 1.807) is 0 Å². The molecule has 1 aliphatic heterocycles. The highest BCUT2D eigenvalue weighted by molar-refractivity contribution is 6.04. The van der Waals surface area contributed by atoms with Crippen molar-refractivity contribution in [2.24, 2.45) is 0 Å². The maximum Gasteiger partial charge on any atom is 0.416 e. The van der Waals surface area contributed by atoms with Gasteiger partial charge in [-0.15, -0.1) is 12.4 Å². The highest BCUT2D eigenvalue weighted by Crippen LogP contribution is 2.37. The molecular weight excluding hydrogens is 402 g/mol. The van der Waals surface area contributed by atoms with Gasteiger partial charge in [0.1, 0.15) is 0 Å². The van der Waals surface area contributed by atoms with E-state index in [1.807, 2.05) is 0 Å². The number of fused-ring (bicyclic) bond motifs is 1. The molecule has 2 aromatic rings. The standard InChI is InChI=1S/C15H12F6N4O.ClH/c16-14(17,18)7-3-8(15(19,20)21)5-9(4-7)23-13(26)12-10-6-22-2-1-11(10)24-25-12;/h3-5,22H,1-2,6H2,(H,23,26)(H,24,25);1H. The van der Waals surface area contributed by atoms with Crippen molar-refractivity contribution in [1.82, 2.24) is 15.5 Å². The van der Waals surface area contributed by atoms with Gasteiger partial charge in [-0.3, -0.25) is 9.89 Å². The minimum Gasteiger partial charge on any atom is -0.321 e. The Morgan fingerprint density at radius 1 is 1.04 bits per heavy atom. The van der Waals surface area contributed by atoms with Gasteiger partial charge in [0, 0.05) is 36.5 Å². The van der Waals surface area contributed by atoms with Gasteiger partial charge < -0.3 is 10.6 Å². The molecule has 0 bridgehead atoms. The van der Waals surface area contributed by atoms with E-state index < -0.39 is 35.1 Å². The smallest absolute Gasteiger partial charge is 0.321 e. The molecule has 5 nitrogen and oxygen atoms in total. The molecule has 2 heterocycles. The third kappa shape index (κ3) is 4.53. The maximum absolute atomic E-state index is 12.9. The number of nitrogens with one attached hydrogen (secondary N) is 3. The first-order valence-corrected chi connectivity index (χ1v) is 7.43. The fourth-order valence-corrected chi connectivity index (χ4v) is 2.63. The van der Waals surface area contributed by atoms with Gasteiger partial charge in [-0.25, -0.2) is 0 Å². The quantitative estimate of drug-likeness (QED) is 0.655. The number of aromatic amines is 1. The second-order valence-electron chi connectivity index (χ2n) is 5.70. The van der Waals surface area contributed by atoms with E-state index in [2.05, 4.69) is 20.8 Å². The second kappa shape index (κ2) is 7.39. The monoisotopic (exact) mass is 414 g/mol. The van der Waals surface area contributed by atoms with E-state index in [4.69, 9.17) is 0 Å². The molecule has 148 valence electrons. The molecule has 0 fully saturated rings. The Labute approximate surface area is 154 Å². The van der Waals surface area contributed by atoms with Crippen molar-refractivity contribution < 1.29 is 31.1 Å². The summed E-state index contributed by atoms with van der Waals surface area (Å²) in [5.74, 6) is -0.890. The van der Waals surface area contributed by atoms with Crippen molar-refractivity contribution in [3.05, 3.63) is 46.3 Å². The first kappa shape index (κ1) is 21.0. The minimum absolute atomic E-state index is 0. The maximum atomic E-state index is 12.9. The zero-order valence-electron chi connectivity index (χ0n) is 13.4. The van der Waals surface area contributed by atoms with Crippen molar-refractivity contribution in [3.8, 4) is 0 Å². The molecular formula is C15H13ClF6N4O. The van der Waals surface area contributed by atoms with Crippen LogP contribution in [0.25, 0.3) is 0 Å². The lowest BCUT2D eigenvalue weighted by Gasteiger charge is -2.15. The summed E-state index contributed by atoms with van der Waals surface area (Å²) in [5.41, 5.74) is -2.46. The summed E-state index contributed by atoms with van der Waals surface area (Å²) in [5, 5.41) is 11.5. The molecule has 0 radical (unpaired) electrons. The Hall–Kier alpha value is -2.27. The van der Waals surface area contributed by atoms with Crippen LogP contribution in [0.3, 0.4) is 0 Å². The van der Waals surface area contributed by atoms with Crippen LogP contribution < -0.4 is 10.6 Å². The molecule has 12 heteroatoms. The fraction of sp³-hybridized carbons (Fsp3) is 0.333. The summed E-state index contributed by atoms with van der Waals surface area (Å²) in [4.78, 5) is 12.3. The first-order valence-electron chi connectivity index (χ1n) is 7.43. The van der Waals surface area contributed by atoms with E-state index >= 15 is 0 Å². The number of anilines is 1. The number of carbonyl (C=O) groups excluding carboxylic acids is 1. The van der Waals surface area contributed by atoms with Crippen LogP contribution in [0.4, 0.5) is 32.0 Å². The average Bonchev–Trinajstić information content (AvgIpc) is 2.97. The van der Waals surface area contributed by atoms with Crippen LogP contribution in [0.5, 0.6) is 0 Å². The first-order chi connectivity index (χ1) is 12.1. The van der Waals surface area contributed by atoms with E-state index in [0.29, 0.717) is 42.9 Å². The van der Waals surface area contributed by atoms with Gasteiger partial charge in [0.15, 0.2) is 5.69 Å². The van der Waals surface area contributed by atoms with Gasteiger partial charge in [-0.2, -0.15) is 31.4 Å². The zero-order chi connectivity index (χ0) is 19.1. The summed E-state index contributed by atoms with van der Waals surface area (Å²) < 4.78 is 77.2. The molecule has 3 rings (SSSR count). The summed E-state index contributed by atoms with van der Waals surface area (Å²) in [6.45, 7) is 0.990. The van der Waals surface area contributed by atoms with Crippen molar-refractivity contribution >= 4 is 24.0 Å². The van der Waals surface area contributed by atoms with Gasteiger partial charge in [0.05, 0.1) is 11.1 Å². The summed E-state index contributed by atoms with van der Waals surface area (Å²) in [6.07, 6.45) is -9.40. The van der Waals surface area contributed by atoms with Crippen molar-refractivity contribution in [3.63, 3.8) is 0 Å². The lowest BCUT2D eigenvalue weighted by atomic mass is 10.1. The summed E-state index contributed by atoms with van der Waals surface area (Å²) >= 11 is 0. The number of carbonyl (C=O) groups is 1. The lowest BCUT2D eigenvalue weighted by Crippen LogP contribution is -2.25. The number of rotatable bonds is 2.